The molecule has 0 atom stereocenters. The summed E-state index contributed by atoms with van der Waals surface area (Å²) in [6.45, 7) is 2.85. The van der Waals surface area contributed by atoms with Gasteiger partial charge >= 0.3 is 5.92 Å². The van der Waals surface area contributed by atoms with Crippen LogP contribution >= 0.6 is 15.9 Å². The quantitative estimate of drug-likeness (QED) is 0.709. The fourth-order valence-corrected chi connectivity index (χ4v) is 2.34. The third-order valence-corrected chi connectivity index (χ3v) is 3.58. The van der Waals surface area contributed by atoms with Crippen LogP contribution in [0.4, 0.5) is 8.78 Å². The van der Waals surface area contributed by atoms with Crippen molar-refractivity contribution in [1.29, 1.82) is 0 Å². The van der Waals surface area contributed by atoms with Crippen molar-refractivity contribution in [3.63, 3.8) is 0 Å². The molecule has 1 aromatic rings. The van der Waals surface area contributed by atoms with Gasteiger partial charge in [-0.15, -0.1) is 0 Å². The van der Waals surface area contributed by atoms with Gasteiger partial charge in [0.2, 0.25) is 5.78 Å². The van der Waals surface area contributed by atoms with Gasteiger partial charge in [0.05, 0.1) is 0 Å². The van der Waals surface area contributed by atoms with E-state index in [4.69, 9.17) is 0 Å². The molecule has 2 rings (SSSR count). The standard InChI is InChI=1S/C12H11BrF2O/c1-11(2)6-7-3-4-8(13)5-9(7)10(16)12(11,14)15/h3-5H,6H2,1-2H3. The second-order valence-corrected chi connectivity index (χ2v) is 5.68. The molecule has 0 fully saturated rings. The van der Waals surface area contributed by atoms with E-state index in [-0.39, 0.29) is 12.0 Å². The van der Waals surface area contributed by atoms with Crippen LogP contribution < -0.4 is 0 Å². The highest BCUT2D eigenvalue weighted by Gasteiger charge is 2.56. The van der Waals surface area contributed by atoms with Crippen molar-refractivity contribution in [2.45, 2.75) is 26.2 Å². The van der Waals surface area contributed by atoms with Crippen LogP contribution in [-0.4, -0.2) is 11.7 Å². The Bertz CT molecular complexity index is 466. The predicted octanol–water partition coefficient (Wildman–Crippen LogP) is 3.85. The Hall–Kier alpha value is -0.770. The van der Waals surface area contributed by atoms with Gasteiger partial charge in [-0.25, -0.2) is 0 Å². The molecule has 1 nitrogen and oxygen atoms in total. The summed E-state index contributed by atoms with van der Waals surface area (Å²) in [5.41, 5.74) is -0.479. The van der Waals surface area contributed by atoms with E-state index in [0.717, 1.165) is 0 Å². The third-order valence-electron chi connectivity index (χ3n) is 3.08. The van der Waals surface area contributed by atoms with Gasteiger partial charge < -0.3 is 0 Å². The summed E-state index contributed by atoms with van der Waals surface area (Å²) in [7, 11) is 0. The number of halogens is 3. The number of hydrogen-bond acceptors (Lipinski definition) is 1. The van der Waals surface area contributed by atoms with E-state index in [1.807, 2.05) is 0 Å². The van der Waals surface area contributed by atoms with Crippen LogP contribution in [0.3, 0.4) is 0 Å². The number of Topliss-reactive ketones (excluding diaryl/α,β-unsaturated/α-hetero) is 1. The van der Waals surface area contributed by atoms with Crippen molar-refractivity contribution >= 4 is 21.7 Å². The van der Waals surface area contributed by atoms with Crippen LogP contribution in [0.25, 0.3) is 0 Å². The molecule has 0 aliphatic heterocycles. The average molecular weight is 289 g/mol. The summed E-state index contributed by atoms with van der Waals surface area (Å²) < 4.78 is 28.3. The predicted molar refractivity (Wildman–Crippen MR) is 60.9 cm³/mol. The van der Waals surface area contributed by atoms with Crippen molar-refractivity contribution < 1.29 is 13.6 Å². The number of fused-ring (bicyclic) bond motifs is 1. The molecular formula is C12H11BrF2O. The molecule has 1 aliphatic carbocycles. The van der Waals surface area contributed by atoms with E-state index in [2.05, 4.69) is 15.9 Å². The maximum Gasteiger partial charge on any atom is 0.315 e. The molecule has 0 bridgehead atoms. The maximum atomic E-state index is 13.8. The summed E-state index contributed by atoms with van der Waals surface area (Å²) in [5.74, 6) is -4.36. The smallest absolute Gasteiger partial charge is 0.287 e. The van der Waals surface area contributed by atoms with E-state index >= 15 is 0 Å². The van der Waals surface area contributed by atoms with Crippen LogP contribution in [0.15, 0.2) is 22.7 Å². The highest BCUT2D eigenvalue weighted by atomic mass is 79.9. The van der Waals surface area contributed by atoms with E-state index in [1.165, 1.54) is 19.9 Å². The fraction of sp³-hybridized carbons (Fsp3) is 0.417. The summed E-state index contributed by atoms with van der Waals surface area (Å²) >= 11 is 3.19. The Labute approximate surface area is 101 Å². The Morgan fingerprint density at radius 1 is 1.31 bits per heavy atom. The normalized spacial score (nSPS) is 21.7. The molecule has 0 saturated heterocycles. The molecule has 0 spiro atoms. The van der Waals surface area contributed by atoms with Gasteiger partial charge in [0, 0.05) is 15.5 Å². The van der Waals surface area contributed by atoms with E-state index in [1.54, 1.807) is 12.1 Å². The monoisotopic (exact) mass is 288 g/mol. The first-order valence-electron chi connectivity index (χ1n) is 4.97. The van der Waals surface area contributed by atoms with Crippen LogP contribution in [0, 0.1) is 5.41 Å². The zero-order chi connectivity index (χ0) is 12.1. The largest absolute Gasteiger partial charge is 0.315 e. The molecule has 0 amide bonds. The number of carbonyl (C=O) groups is 1. The van der Waals surface area contributed by atoms with Crippen LogP contribution in [0.5, 0.6) is 0 Å². The molecule has 0 aromatic heterocycles. The van der Waals surface area contributed by atoms with Gasteiger partial charge in [-0.05, 0) is 24.1 Å². The van der Waals surface area contributed by atoms with Gasteiger partial charge in [-0.1, -0.05) is 35.8 Å². The first-order chi connectivity index (χ1) is 7.25. The van der Waals surface area contributed by atoms with Gasteiger partial charge in [-0.3, -0.25) is 4.79 Å². The molecule has 0 saturated carbocycles. The molecule has 1 aromatic carbocycles. The van der Waals surface area contributed by atoms with Crippen LogP contribution in [0.2, 0.25) is 0 Å². The Kier molecular flexibility index (Phi) is 2.46. The van der Waals surface area contributed by atoms with Gasteiger partial charge in [-0.2, -0.15) is 8.78 Å². The van der Waals surface area contributed by atoms with E-state index in [0.29, 0.717) is 10.0 Å². The number of rotatable bonds is 0. The van der Waals surface area contributed by atoms with Crippen LogP contribution in [0.1, 0.15) is 29.8 Å². The van der Waals surface area contributed by atoms with E-state index < -0.39 is 17.1 Å². The number of ketones is 1. The lowest BCUT2D eigenvalue weighted by Gasteiger charge is -2.37. The Morgan fingerprint density at radius 2 is 1.94 bits per heavy atom. The topological polar surface area (TPSA) is 17.1 Å². The summed E-state index contributed by atoms with van der Waals surface area (Å²) in [6, 6.07) is 4.97. The van der Waals surface area contributed by atoms with Gasteiger partial charge in [0.25, 0.3) is 0 Å². The lowest BCUT2D eigenvalue weighted by molar-refractivity contribution is -0.0750. The molecule has 0 heterocycles. The highest BCUT2D eigenvalue weighted by Crippen LogP contribution is 2.46. The van der Waals surface area contributed by atoms with Crippen molar-refractivity contribution in [3.8, 4) is 0 Å². The van der Waals surface area contributed by atoms with Crippen LogP contribution in [-0.2, 0) is 6.42 Å². The molecule has 16 heavy (non-hydrogen) atoms. The van der Waals surface area contributed by atoms with Crippen molar-refractivity contribution in [1.82, 2.24) is 0 Å². The van der Waals surface area contributed by atoms with Crippen molar-refractivity contribution in [2.75, 3.05) is 0 Å². The maximum absolute atomic E-state index is 13.8. The Balaban J connectivity index is 2.63. The highest BCUT2D eigenvalue weighted by molar-refractivity contribution is 9.10. The van der Waals surface area contributed by atoms with Gasteiger partial charge in [0.1, 0.15) is 0 Å². The second-order valence-electron chi connectivity index (χ2n) is 4.77. The van der Waals surface area contributed by atoms with E-state index in [9.17, 15) is 13.6 Å². The first-order valence-corrected chi connectivity index (χ1v) is 5.76. The molecule has 4 heteroatoms. The number of hydrogen-bond donors (Lipinski definition) is 0. The lowest BCUT2D eigenvalue weighted by atomic mass is 9.71. The fourth-order valence-electron chi connectivity index (χ4n) is 1.98. The summed E-state index contributed by atoms with van der Waals surface area (Å²) in [4.78, 5) is 11.7. The minimum Gasteiger partial charge on any atom is -0.287 e. The molecule has 86 valence electrons. The SMILES string of the molecule is CC1(C)Cc2ccc(Br)cc2C(=O)C1(F)F. The Morgan fingerprint density at radius 3 is 2.56 bits per heavy atom. The number of carbonyl (C=O) groups excluding carboxylic acids is 1. The molecule has 0 unspecified atom stereocenters. The van der Waals surface area contributed by atoms with Gasteiger partial charge in [0.15, 0.2) is 0 Å². The van der Waals surface area contributed by atoms with Crippen molar-refractivity contribution in [2.24, 2.45) is 5.41 Å². The summed E-state index contributed by atoms with van der Waals surface area (Å²) in [6.07, 6.45) is 0.217. The lowest BCUT2D eigenvalue weighted by Crippen LogP contribution is -2.48. The molecular weight excluding hydrogens is 278 g/mol. The molecule has 0 radical (unpaired) electrons. The first kappa shape index (κ1) is 11.7. The molecule has 0 N–H and O–H groups in total. The third kappa shape index (κ3) is 1.51. The summed E-state index contributed by atoms with van der Waals surface area (Å²) in [5, 5.41) is 0. The minimum atomic E-state index is -3.29. The zero-order valence-corrected chi connectivity index (χ0v) is 10.6. The minimum absolute atomic E-state index is 0.138. The molecule has 1 aliphatic rings. The number of alkyl halides is 2. The number of benzene rings is 1. The zero-order valence-electron chi connectivity index (χ0n) is 8.98. The average Bonchev–Trinajstić information content (AvgIpc) is 2.17. The van der Waals surface area contributed by atoms with Crippen molar-refractivity contribution in [3.05, 3.63) is 33.8 Å². The second kappa shape index (κ2) is 3.36.